The van der Waals surface area contributed by atoms with Crippen LogP contribution in [-0.2, 0) is 4.79 Å². The molecule has 0 bridgehead atoms. The number of carbonyl (C=O) groups is 1. The normalized spacial score (nSPS) is 11.8. The second kappa shape index (κ2) is 7.17. The lowest BCUT2D eigenvalue weighted by Gasteiger charge is -2.16. The highest BCUT2D eigenvalue weighted by atomic mass is 16.4. The van der Waals surface area contributed by atoms with Crippen LogP contribution in [0, 0.1) is 0 Å². The first-order chi connectivity index (χ1) is 12.0. The van der Waals surface area contributed by atoms with Gasteiger partial charge < -0.3 is 14.6 Å². The fourth-order valence-corrected chi connectivity index (χ4v) is 2.38. The highest BCUT2D eigenvalue weighted by Crippen LogP contribution is 2.24. The smallest absolute Gasteiger partial charge is 0.247 e. The first kappa shape index (κ1) is 16.7. The van der Waals surface area contributed by atoms with Crippen LogP contribution in [-0.4, -0.2) is 23.2 Å². The molecule has 1 N–H and O–H groups in total. The second-order valence-electron chi connectivity index (χ2n) is 5.80. The first-order valence-corrected chi connectivity index (χ1v) is 8.04. The topological polar surface area (TPSA) is 71.3 Å². The van der Waals surface area contributed by atoms with Gasteiger partial charge >= 0.3 is 0 Å². The maximum Gasteiger partial charge on any atom is 0.247 e. The quantitative estimate of drug-likeness (QED) is 0.765. The van der Waals surface area contributed by atoms with E-state index in [0.29, 0.717) is 11.8 Å². The lowest BCUT2D eigenvalue weighted by molar-refractivity contribution is -0.116. The molecule has 0 aliphatic heterocycles. The number of nitrogens with one attached hydrogen (secondary N) is 1. The van der Waals surface area contributed by atoms with Gasteiger partial charge in [-0.2, -0.15) is 0 Å². The van der Waals surface area contributed by atoms with E-state index in [4.69, 9.17) is 4.42 Å². The van der Waals surface area contributed by atoms with Crippen LogP contribution >= 0.6 is 0 Å². The molecule has 6 heteroatoms. The van der Waals surface area contributed by atoms with Crippen LogP contribution in [0.15, 0.2) is 59.0 Å². The van der Waals surface area contributed by atoms with Gasteiger partial charge in [0.25, 0.3) is 0 Å². The third-order valence-corrected chi connectivity index (χ3v) is 3.94. The van der Waals surface area contributed by atoms with Gasteiger partial charge in [-0.1, -0.05) is 18.2 Å². The van der Waals surface area contributed by atoms with Crippen molar-refractivity contribution in [3.8, 4) is 11.5 Å². The summed E-state index contributed by atoms with van der Waals surface area (Å²) < 4.78 is 5.76. The third-order valence-electron chi connectivity index (χ3n) is 3.94. The van der Waals surface area contributed by atoms with E-state index in [1.165, 1.54) is 6.92 Å². The Morgan fingerprint density at radius 2 is 1.76 bits per heavy atom. The summed E-state index contributed by atoms with van der Waals surface area (Å²) in [4.78, 5) is 13.0. The number of amides is 1. The Hall–Kier alpha value is -3.15. The van der Waals surface area contributed by atoms with E-state index < -0.39 is 0 Å². The number of benzene rings is 2. The van der Waals surface area contributed by atoms with Crippen molar-refractivity contribution in [3.63, 3.8) is 0 Å². The van der Waals surface area contributed by atoms with E-state index >= 15 is 0 Å². The van der Waals surface area contributed by atoms with Crippen LogP contribution in [0.25, 0.3) is 11.5 Å². The number of aromatic nitrogens is 2. The molecule has 6 nitrogen and oxygen atoms in total. The van der Waals surface area contributed by atoms with Crippen molar-refractivity contribution in [2.24, 2.45) is 0 Å². The molecule has 128 valence electrons. The molecule has 0 aliphatic carbocycles. The van der Waals surface area contributed by atoms with Crippen LogP contribution in [0.3, 0.4) is 0 Å². The van der Waals surface area contributed by atoms with E-state index in [1.807, 2.05) is 61.5 Å². The van der Waals surface area contributed by atoms with Gasteiger partial charge in [0.2, 0.25) is 17.7 Å². The Labute approximate surface area is 146 Å². The van der Waals surface area contributed by atoms with E-state index in [9.17, 15) is 4.79 Å². The fourth-order valence-electron chi connectivity index (χ4n) is 2.38. The number of carbonyl (C=O) groups excluding carboxylic acids is 1. The zero-order valence-corrected chi connectivity index (χ0v) is 14.4. The molecule has 0 aliphatic rings. The Morgan fingerprint density at radius 1 is 1.08 bits per heavy atom. The fraction of sp³-hybridized carbons (Fsp3) is 0.211. The largest absolute Gasteiger partial charge is 0.418 e. The van der Waals surface area contributed by atoms with Crippen molar-refractivity contribution in [3.05, 3.63) is 60.5 Å². The lowest BCUT2D eigenvalue weighted by atomic mass is 10.2. The molecule has 1 heterocycles. The summed E-state index contributed by atoms with van der Waals surface area (Å²) in [5.74, 6) is 1.01. The van der Waals surface area contributed by atoms with Crippen LogP contribution in [0.5, 0.6) is 0 Å². The molecule has 3 rings (SSSR count). The Bertz CT molecular complexity index is 843. The average molecular weight is 336 g/mol. The summed E-state index contributed by atoms with van der Waals surface area (Å²) in [6.45, 7) is 3.49. The second-order valence-corrected chi connectivity index (χ2v) is 5.80. The molecule has 0 saturated heterocycles. The zero-order valence-electron chi connectivity index (χ0n) is 14.4. The Morgan fingerprint density at radius 3 is 2.40 bits per heavy atom. The van der Waals surface area contributed by atoms with Gasteiger partial charge in [0.05, 0.1) is 0 Å². The SMILES string of the molecule is CC(=O)N(C)c1ccc(NC(C)c2nnc(-c3ccccc3)o2)cc1. The van der Waals surface area contributed by atoms with E-state index in [-0.39, 0.29) is 11.9 Å². The molecule has 3 aromatic rings. The molecule has 25 heavy (non-hydrogen) atoms. The molecule has 1 aromatic heterocycles. The maximum atomic E-state index is 11.4. The van der Waals surface area contributed by atoms with Gasteiger partial charge in [-0.25, -0.2) is 0 Å². The van der Waals surface area contributed by atoms with Gasteiger partial charge in [-0.05, 0) is 43.3 Å². The van der Waals surface area contributed by atoms with Crippen molar-refractivity contribution in [2.75, 3.05) is 17.3 Å². The first-order valence-electron chi connectivity index (χ1n) is 8.04. The number of rotatable bonds is 5. The van der Waals surface area contributed by atoms with Gasteiger partial charge in [-0.3, -0.25) is 4.79 Å². The minimum Gasteiger partial charge on any atom is -0.418 e. The summed E-state index contributed by atoms with van der Waals surface area (Å²) in [5.41, 5.74) is 2.65. The predicted octanol–water partition coefficient (Wildman–Crippen LogP) is 3.89. The molecular formula is C19H20N4O2. The van der Waals surface area contributed by atoms with Gasteiger partial charge in [-0.15, -0.1) is 10.2 Å². The summed E-state index contributed by atoms with van der Waals surface area (Å²) in [7, 11) is 1.75. The zero-order chi connectivity index (χ0) is 17.8. The standard InChI is InChI=1S/C19H20N4O2/c1-13(18-21-22-19(25-18)15-7-5-4-6-8-15)20-16-9-11-17(12-10-16)23(3)14(2)24/h4-13,20H,1-3H3. The van der Waals surface area contributed by atoms with Crippen molar-refractivity contribution in [2.45, 2.75) is 19.9 Å². The average Bonchev–Trinajstić information content (AvgIpc) is 3.13. The molecule has 2 aromatic carbocycles. The van der Waals surface area contributed by atoms with E-state index in [1.54, 1.807) is 11.9 Å². The van der Waals surface area contributed by atoms with Gasteiger partial charge in [0.15, 0.2) is 0 Å². The molecular weight excluding hydrogens is 316 g/mol. The van der Waals surface area contributed by atoms with Crippen molar-refractivity contribution in [1.29, 1.82) is 0 Å². The minimum atomic E-state index is -0.138. The van der Waals surface area contributed by atoms with E-state index in [2.05, 4.69) is 15.5 Å². The predicted molar refractivity (Wildman–Crippen MR) is 97.3 cm³/mol. The molecule has 0 spiro atoms. The highest BCUT2D eigenvalue weighted by molar-refractivity contribution is 5.91. The van der Waals surface area contributed by atoms with Crippen LogP contribution < -0.4 is 10.2 Å². The van der Waals surface area contributed by atoms with E-state index in [0.717, 1.165) is 16.9 Å². The van der Waals surface area contributed by atoms with Crippen molar-refractivity contribution in [1.82, 2.24) is 10.2 Å². The number of anilines is 2. The summed E-state index contributed by atoms with van der Waals surface area (Å²) in [6.07, 6.45) is 0. The number of hydrogen-bond donors (Lipinski definition) is 1. The van der Waals surface area contributed by atoms with Crippen molar-refractivity contribution < 1.29 is 9.21 Å². The van der Waals surface area contributed by atoms with Gasteiger partial charge in [0.1, 0.15) is 6.04 Å². The molecule has 1 unspecified atom stereocenters. The molecule has 0 saturated carbocycles. The Kier molecular flexibility index (Phi) is 4.79. The summed E-state index contributed by atoms with van der Waals surface area (Å²) in [5, 5.41) is 11.5. The summed E-state index contributed by atoms with van der Waals surface area (Å²) >= 11 is 0. The monoisotopic (exact) mass is 336 g/mol. The minimum absolute atomic E-state index is 0.00613. The number of nitrogens with zero attached hydrogens (tertiary/aromatic N) is 3. The highest BCUT2D eigenvalue weighted by Gasteiger charge is 2.15. The number of hydrogen-bond acceptors (Lipinski definition) is 5. The third kappa shape index (κ3) is 3.85. The van der Waals surface area contributed by atoms with Crippen LogP contribution in [0.2, 0.25) is 0 Å². The molecule has 0 radical (unpaired) electrons. The van der Waals surface area contributed by atoms with Crippen molar-refractivity contribution >= 4 is 17.3 Å². The van der Waals surface area contributed by atoms with Crippen LogP contribution in [0.4, 0.5) is 11.4 Å². The maximum absolute atomic E-state index is 11.4. The van der Waals surface area contributed by atoms with Crippen LogP contribution in [0.1, 0.15) is 25.8 Å². The van der Waals surface area contributed by atoms with Gasteiger partial charge in [0, 0.05) is 30.9 Å². The summed E-state index contributed by atoms with van der Waals surface area (Å²) in [6, 6.07) is 17.1. The Balaban J connectivity index is 1.69. The molecule has 1 atom stereocenters. The molecule has 1 amide bonds. The molecule has 0 fully saturated rings. The lowest BCUT2D eigenvalue weighted by Crippen LogP contribution is -2.22.